The maximum Gasteiger partial charge on any atom is 0.319 e. The number of hydrogen-bond donors (Lipinski definition) is 2. The van der Waals surface area contributed by atoms with Gasteiger partial charge in [0.25, 0.3) is 0 Å². The van der Waals surface area contributed by atoms with E-state index >= 15 is 0 Å². The Hall–Kier alpha value is -2.29. The molecule has 0 atom stereocenters. The summed E-state index contributed by atoms with van der Waals surface area (Å²) in [6.07, 6.45) is 1.99. The zero-order chi connectivity index (χ0) is 14.9. The smallest absolute Gasteiger partial charge is 0.319 e. The molecule has 2 aromatic carbocycles. The predicted molar refractivity (Wildman–Crippen MR) is 85.4 cm³/mol. The molecule has 3 rings (SSSR count). The molecule has 0 bridgehead atoms. The molecule has 0 aliphatic heterocycles. The molecule has 2 amide bonds. The number of hydrogen-bond acceptors (Lipinski definition) is 1. The molecular weight excluding hydrogens is 260 g/mol. The van der Waals surface area contributed by atoms with E-state index in [1.807, 2.05) is 31.2 Å². The summed E-state index contributed by atoms with van der Waals surface area (Å²) in [5.41, 5.74) is 4.16. The Kier molecular flexibility index (Phi) is 3.42. The van der Waals surface area contributed by atoms with Crippen molar-refractivity contribution in [2.75, 3.05) is 5.32 Å². The molecular formula is C18H20N2O. The Morgan fingerprint density at radius 3 is 2.29 bits per heavy atom. The first-order valence-corrected chi connectivity index (χ1v) is 7.31. The van der Waals surface area contributed by atoms with Crippen molar-refractivity contribution in [3.05, 3.63) is 65.2 Å². The fourth-order valence-electron chi connectivity index (χ4n) is 2.57. The summed E-state index contributed by atoms with van der Waals surface area (Å²) in [4.78, 5) is 12.2. The van der Waals surface area contributed by atoms with E-state index < -0.39 is 0 Å². The molecule has 108 valence electrons. The molecule has 0 unspecified atom stereocenters. The molecule has 0 spiro atoms. The van der Waals surface area contributed by atoms with Gasteiger partial charge < -0.3 is 10.6 Å². The third-order valence-electron chi connectivity index (χ3n) is 4.10. The van der Waals surface area contributed by atoms with Gasteiger partial charge >= 0.3 is 6.03 Å². The minimum absolute atomic E-state index is 0.137. The molecule has 3 heteroatoms. The number of carbonyl (C=O) groups excluding carboxylic acids is 1. The summed E-state index contributed by atoms with van der Waals surface area (Å²) in [5.74, 6) is 0. The van der Waals surface area contributed by atoms with E-state index in [0.29, 0.717) is 0 Å². The van der Waals surface area contributed by atoms with Crippen molar-refractivity contribution in [1.82, 2.24) is 5.32 Å². The average Bonchev–Trinajstić information content (AvgIpc) is 3.23. The van der Waals surface area contributed by atoms with Crippen molar-refractivity contribution in [2.45, 2.75) is 32.2 Å². The van der Waals surface area contributed by atoms with Crippen molar-refractivity contribution < 1.29 is 4.79 Å². The second-order valence-electron chi connectivity index (χ2n) is 5.84. The van der Waals surface area contributed by atoms with Gasteiger partial charge in [0, 0.05) is 5.69 Å². The maximum atomic E-state index is 12.2. The van der Waals surface area contributed by atoms with Crippen LogP contribution in [0.2, 0.25) is 0 Å². The van der Waals surface area contributed by atoms with Crippen LogP contribution in [0, 0.1) is 13.8 Å². The van der Waals surface area contributed by atoms with Crippen molar-refractivity contribution in [1.29, 1.82) is 0 Å². The highest BCUT2D eigenvalue weighted by atomic mass is 16.2. The molecule has 21 heavy (non-hydrogen) atoms. The highest BCUT2D eigenvalue weighted by molar-refractivity contribution is 5.90. The SMILES string of the molecule is Cc1ccc(C2(NC(=O)Nc3ccccc3C)CC2)cc1. The number of para-hydroxylation sites is 1. The zero-order valence-corrected chi connectivity index (χ0v) is 12.4. The molecule has 1 aliphatic rings. The second kappa shape index (κ2) is 5.24. The van der Waals surface area contributed by atoms with E-state index in [-0.39, 0.29) is 11.6 Å². The molecule has 1 aliphatic carbocycles. The van der Waals surface area contributed by atoms with Gasteiger partial charge in [-0.2, -0.15) is 0 Å². The van der Waals surface area contributed by atoms with Gasteiger partial charge in [-0.25, -0.2) is 4.79 Å². The zero-order valence-electron chi connectivity index (χ0n) is 12.4. The number of anilines is 1. The number of benzene rings is 2. The highest BCUT2D eigenvalue weighted by Crippen LogP contribution is 2.45. The highest BCUT2D eigenvalue weighted by Gasteiger charge is 2.45. The molecule has 0 heterocycles. The second-order valence-corrected chi connectivity index (χ2v) is 5.84. The van der Waals surface area contributed by atoms with E-state index in [1.165, 1.54) is 11.1 Å². The van der Waals surface area contributed by atoms with Gasteiger partial charge in [-0.05, 0) is 43.9 Å². The first-order chi connectivity index (χ1) is 10.1. The van der Waals surface area contributed by atoms with Crippen molar-refractivity contribution in [3.63, 3.8) is 0 Å². The van der Waals surface area contributed by atoms with E-state index in [4.69, 9.17) is 0 Å². The van der Waals surface area contributed by atoms with Crippen LogP contribution in [0.1, 0.15) is 29.5 Å². The maximum absolute atomic E-state index is 12.2. The number of amides is 2. The third-order valence-corrected chi connectivity index (χ3v) is 4.10. The monoisotopic (exact) mass is 280 g/mol. The summed E-state index contributed by atoms with van der Waals surface area (Å²) in [6.45, 7) is 4.06. The molecule has 0 aromatic heterocycles. The van der Waals surface area contributed by atoms with Crippen LogP contribution in [0.3, 0.4) is 0 Å². The van der Waals surface area contributed by atoms with Crippen LogP contribution in [-0.2, 0) is 5.54 Å². The number of nitrogens with one attached hydrogen (secondary N) is 2. The number of rotatable bonds is 3. The third kappa shape index (κ3) is 2.92. The van der Waals surface area contributed by atoms with Crippen LogP contribution in [-0.4, -0.2) is 6.03 Å². The van der Waals surface area contributed by atoms with E-state index in [1.54, 1.807) is 0 Å². The normalized spacial score (nSPS) is 15.3. The van der Waals surface area contributed by atoms with Gasteiger partial charge in [0.05, 0.1) is 5.54 Å². The number of aryl methyl sites for hydroxylation is 2. The largest absolute Gasteiger partial charge is 0.328 e. The lowest BCUT2D eigenvalue weighted by atomic mass is 10.0. The Morgan fingerprint density at radius 2 is 1.67 bits per heavy atom. The Morgan fingerprint density at radius 1 is 1.00 bits per heavy atom. The van der Waals surface area contributed by atoms with Crippen LogP contribution >= 0.6 is 0 Å². The lowest BCUT2D eigenvalue weighted by molar-refractivity contribution is 0.247. The first kappa shape index (κ1) is 13.7. The van der Waals surface area contributed by atoms with Crippen LogP contribution in [0.4, 0.5) is 10.5 Å². The quantitative estimate of drug-likeness (QED) is 0.872. The van der Waals surface area contributed by atoms with Crippen molar-refractivity contribution in [3.8, 4) is 0 Å². The minimum Gasteiger partial charge on any atom is -0.328 e. The van der Waals surface area contributed by atoms with Gasteiger partial charge in [-0.3, -0.25) is 0 Å². The molecule has 0 saturated heterocycles. The fraction of sp³-hybridized carbons (Fsp3) is 0.278. The molecule has 2 N–H and O–H groups in total. The summed E-state index contributed by atoms with van der Waals surface area (Å²) < 4.78 is 0. The lowest BCUT2D eigenvalue weighted by Crippen LogP contribution is -2.38. The summed E-state index contributed by atoms with van der Waals surface area (Å²) in [6, 6.07) is 16.1. The van der Waals surface area contributed by atoms with Crippen LogP contribution in [0.25, 0.3) is 0 Å². The van der Waals surface area contributed by atoms with E-state index in [0.717, 1.165) is 24.1 Å². The lowest BCUT2D eigenvalue weighted by Gasteiger charge is -2.19. The molecule has 1 fully saturated rings. The van der Waals surface area contributed by atoms with Crippen LogP contribution < -0.4 is 10.6 Å². The number of carbonyl (C=O) groups is 1. The fourth-order valence-corrected chi connectivity index (χ4v) is 2.57. The Bertz CT molecular complexity index is 657. The first-order valence-electron chi connectivity index (χ1n) is 7.31. The van der Waals surface area contributed by atoms with Gasteiger partial charge in [0.1, 0.15) is 0 Å². The number of urea groups is 1. The molecule has 1 saturated carbocycles. The van der Waals surface area contributed by atoms with Gasteiger partial charge in [-0.15, -0.1) is 0 Å². The van der Waals surface area contributed by atoms with E-state index in [2.05, 4.69) is 41.8 Å². The topological polar surface area (TPSA) is 41.1 Å². The summed E-state index contributed by atoms with van der Waals surface area (Å²) in [5, 5.41) is 6.07. The van der Waals surface area contributed by atoms with Crippen LogP contribution in [0.5, 0.6) is 0 Å². The summed E-state index contributed by atoms with van der Waals surface area (Å²) in [7, 11) is 0. The summed E-state index contributed by atoms with van der Waals surface area (Å²) >= 11 is 0. The van der Waals surface area contributed by atoms with Gasteiger partial charge in [0.15, 0.2) is 0 Å². The minimum atomic E-state index is -0.180. The molecule has 3 nitrogen and oxygen atoms in total. The van der Waals surface area contributed by atoms with E-state index in [9.17, 15) is 4.79 Å². The molecule has 2 aromatic rings. The van der Waals surface area contributed by atoms with Crippen molar-refractivity contribution in [2.24, 2.45) is 0 Å². The Labute approximate surface area is 125 Å². The molecule has 0 radical (unpaired) electrons. The Balaban J connectivity index is 1.70. The standard InChI is InChI=1S/C18H20N2O/c1-13-7-9-15(10-8-13)18(11-12-18)20-17(21)19-16-6-4-3-5-14(16)2/h3-10H,11-12H2,1-2H3,(H2,19,20,21). The van der Waals surface area contributed by atoms with Gasteiger partial charge in [-0.1, -0.05) is 48.0 Å². The average molecular weight is 280 g/mol. The van der Waals surface area contributed by atoms with Crippen LogP contribution in [0.15, 0.2) is 48.5 Å². The predicted octanol–water partition coefficient (Wildman–Crippen LogP) is 4.11. The van der Waals surface area contributed by atoms with Crippen molar-refractivity contribution >= 4 is 11.7 Å². The van der Waals surface area contributed by atoms with Gasteiger partial charge in [0.2, 0.25) is 0 Å².